The van der Waals surface area contributed by atoms with Crippen LogP contribution in [0.1, 0.15) is 23.2 Å². The molecular formula is C14H16NNa2O7S+. The van der Waals surface area contributed by atoms with E-state index in [0.717, 1.165) is 24.3 Å². The van der Waals surface area contributed by atoms with Gasteiger partial charge in [-0.2, -0.15) is 8.42 Å². The number of nitrogens with one attached hydrogen (secondary N) is 1. The molecule has 1 aromatic carbocycles. The molecule has 2 N–H and O–H groups in total. The van der Waals surface area contributed by atoms with Crippen molar-refractivity contribution >= 4 is 22.0 Å². The molecule has 25 heavy (non-hydrogen) atoms. The molecule has 8 nitrogen and oxygen atoms in total. The maximum absolute atomic E-state index is 11.0. The van der Waals surface area contributed by atoms with Crippen molar-refractivity contribution in [3.63, 3.8) is 0 Å². The molecule has 126 valence electrons. The molecule has 0 fully saturated rings. The summed E-state index contributed by atoms with van der Waals surface area (Å²) in [5.74, 6) is -1.97. The molecule has 11 heteroatoms. The number of rotatable bonds is 9. The second-order valence-corrected chi connectivity index (χ2v) is 5.89. The number of aromatic carboxylic acids is 1. The van der Waals surface area contributed by atoms with Gasteiger partial charge >= 0.3 is 59.1 Å². The maximum Gasteiger partial charge on any atom is 1.00 e. The third kappa shape index (κ3) is 9.76. The van der Waals surface area contributed by atoms with E-state index in [1.807, 2.05) is 0 Å². The SMILES string of the molecule is C=CC(=O)NCCCCOc1ccc(S(=O)(=O)O)cc1C(=O)[O-].[Na+].[Na+]. The van der Waals surface area contributed by atoms with Crippen molar-refractivity contribution in [3.05, 3.63) is 36.4 Å². The fourth-order valence-corrected chi connectivity index (χ4v) is 2.15. The topological polar surface area (TPSA) is 133 Å². The molecule has 0 aliphatic heterocycles. The van der Waals surface area contributed by atoms with Gasteiger partial charge in [0.25, 0.3) is 10.1 Å². The summed E-state index contributed by atoms with van der Waals surface area (Å²) in [5.41, 5.74) is -0.472. The summed E-state index contributed by atoms with van der Waals surface area (Å²) in [6.45, 7) is 3.89. The van der Waals surface area contributed by atoms with Crippen LogP contribution in [0.4, 0.5) is 0 Å². The van der Waals surface area contributed by atoms with Gasteiger partial charge < -0.3 is 20.0 Å². The Labute approximate surface area is 190 Å². The Kier molecular flexibility index (Phi) is 13.8. The van der Waals surface area contributed by atoms with Crippen molar-refractivity contribution < 1.29 is 91.5 Å². The van der Waals surface area contributed by atoms with Crippen LogP contribution >= 0.6 is 0 Å². The number of ether oxygens (including phenoxy) is 1. The van der Waals surface area contributed by atoms with Crippen LogP contribution in [0.5, 0.6) is 5.75 Å². The van der Waals surface area contributed by atoms with Crippen molar-refractivity contribution in [2.24, 2.45) is 0 Å². The van der Waals surface area contributed by atoms with Crippen molar-refractivity contribution in [1.82, 2.24) is 5.32 Å². The quantitative estimate of drug-likeness (QED) is 0.186. The van der Waals surface area contributed by atoms with Gasteiger partial charge in [-0.25, -0.2) is 0 Å². The minimum atomic E-state index is -4.51. The first-order valence-corrected chi connectivity index (χ1v) is 8.05. The molecule has 0 aromatic heterocycles. The molecule has 0 bridgehead atoms. The van der Waals surface area contributed by atoms with Gasteiger partial charge in [0.05, 0.1) is 17.5 Å². The van der Waals surface area contributed by atoms with Crippen LogP contribution in [0.25, 0.3) is 0 Å². The van der Waals surface area contributed by atoms with Gasteiger partial charge in [0, 0.05) is 12.1 Å². The summed E-state index contributed by atoms with van der Waals surface area (Å²) in [7, 11) is -4.51. The number of carbonyl (C=O) groups excluding carboxylic acids is 2. The number of hydrogen-bond donors (Lipinski definition) is 2. The fourth-order valence-electron chi connectivity index (χ4n) is 1.65. The standard InChI is InChI=1S/C14H17NO7S.2Na/c1-2-13(16)15-7-3-4-8-22-12-6-5-10(23(19,20)21)9-11(12)14(17)18;;/h2,5-6,9H,1,3-4,7-8H2,(H,15,16)(H,17,18)(H,19,20,21);;/q;2*+1/p-1. The Balaban J connectivity index is 0. The van der Waals surface area contributed by atoms with E-state index in [1.54, 1.807) is 0 Å². The molecule has 1 amide bonds. The molecule has 0 spiro atoms. The third-order valence-corrected chi connectivity index (χ3v) is 3.63. The van der Waals surface area contributed by atoms with Crippen molar-refractivity contribution in [2.45, 2.75) is 17.7 Å². The number of unbranched alkanes of at least 4 members (excludes halogenated alkanes) is 1. The summed E-state index contributed by atoms with van der Waals surface area (Å²) in [6, 6.07) is 2.93. The Hall–Kier alpha value is -0.390. The number of carbonyl (C=O) groups is 2. The molecule has 0 unspecified atom stereocenters. The monoisotopic (exact) mass is 388 g/mol. The van der Waals surface area contributed by atoms with Gasteiger partial charge in [-0.1, -0.05) is 6.58 Å². The predicted molar refractivity (Wildman–Crippen MR) is 78.5 cm³/mol. The molecule has 0 saturated carbocycles. The molecular weight excluding hydrogens is 372 g/mol. The molecule has 0 heterocycles. The molecule has 1 rings (SSSR count). The minimum Gasteiger partial charge on any atom is -0.545 e. The minimum absolute atomic E-state index is 0. The van der Waals surface area contributed by atoms with Gasteiger partial charge in [-0.3, -0.25) is 9.35 Å². The van der Waals surface area contributed by atoms with Crippen molar-refractivity contribution in [1.29, 1.82) is 0 Å². The first-order chi connectivity index (χ1) is 10.8. The number of carboxylic acids is 1. The van der Waals surface area contributed by atoms with E-state index in [1.165, 1.54) is 0 Å². The van der Waals surface area contributed by atoms with Gasteiger partial charge in [0.15, 0.2) is 0 Å². The Bertz CT molecular complexity index is 707. The zero-order valence-corrected chi connectivity index (χ0v) is 19.0. The van der Waals surface area contributed by atoms with Crippen molar-refractivity contribution in [3.8, 4) is 5.75 Å². The van der Waals surface area contributed by atoms with E-state index in [4.69, 9.17) is 9.29 Å². The first-order valence-electron chi connectivity index (χ1n) is 6.61. The average molecular weight is 388 g/mol. The van der Waals surface area contributed by atoms with Crippen LogP contribution in [0, 0.1) is 0 Å². The summed E-state index contributed by atoms with van der Waals surface area (Å²) >= 11 is 0. The summed E-state index contributed by atoms with van der Waals surface area (Å²) < 4.78 is 36.2. The van der Waals surface area contributed by atoms with Crippen molar-refractivity contribution in [2.75, 3.05) is 13.2 Å². The number of benzene rings is 1. The van der Waals surface area contributed by atoms with Gasteiger partial charge in [0.1, 0.15) is 5.75 Å². The molecule has 1 aromatic rings. The van der Waals surface area contributed by atoms with Gasteiger partial charge in [0.2, 0.25) is 5.91 Å². The van der Waals surface area contributed by atoms with E-state index in [-0.39, 0.29) is 77.4 Å². The van der Waals surface area contributed by atoms with Gasteiger partial charge in [-0.15, -0.1) is 0 Å². The van der Waals surface area contributed by atoms with Crippen LogP contribution in [0.2, 0.25) is 0 Å². The normalized spacial score (nSPS) is 9.96. The fraction of sp³-hybridized carbons (Fsp3) is 0.286. The number of hydrogen-bond acceptors (Lipinski definition) is 6. The van der Waals surface area contributed by atoms with Crippen LogP contribution in [-0.4, -0.2) is 38.0 Å². The summed E-state index contributed by atoms with van der Waals surface area (Å²) in [5, 5.41) is 13.6. The zero-order chi connectivity index (χ0) is 17.5. The van der Waals surface area contributed by atoms with Gasteiger partial charge in [-0.05, 0) is 37.1 Å². The van der Waals surface area contributed by atoms with E-state index in [9.17, 15) is 23.1 Å². The Morgan fingerprint density at radius 2 is 1.92 bits per heavy atom. The van der Waals surface area contributed by atoms with Crippen LogP contribution in [0.3, 0.4) is 0 Å². The molecule has 0 aliphatic carbocycles. The predicted octanol–water partition coefficient (Wildman–Crippen LogP) is -6.23. The molecule has 0 radical (unpaired) electrons. The largest absolute Gasteiger partial charge is 1.00 e. The molecule has 0 atom stereocenters. The van der Waals surface area contributed by atoms with E-state index in [0.29, 0.717) is 19.4 Å². The second-order valence-electron chi connectivity index (χ2n) is 4.47. The summed E-state index contributed by atoms with van der Waals surface area (Å²) in [4.78, 5) is 21.4. The smallest absolute Gasteiger partial charge is 0.545 e. The molecule has 0 saturated heterocycles. The van der Waals surface area contributed by atoms with Crippen LogP contribution < -0.4 is 74.3 Å². The van der Waals surface area contributed by atoms with Crippen LogP contribution in [0.15, 0.2) is 35.7 Å². The number of carboxylic acid groups (broad SMARTS) is 1. The average Bonchev–Trinajstić information content (AvgIpc) is 2.49. The zero-order valence-electron chi connectivity index (χ0n) is 14.1. The maximum atomic E-state index is 11.0. The third-order valence-electron chi connectivity index (χ3n) is 2.78. The number of amides is 1. The second kappa shape index (κ2) is 12.9. The Morgan fingerprint density at radius 3 is 2.44 bits per heavy atom. The molecule has 0 aliphatic rings. The first kappa shape index (κ1) is 26.8. The van der Waals surface area contributed by atoms with E-state index >= 15 is 0 Å². The van der Waals surface area contributed by atoms with Crippen LogP contribution in [-0.2, 0) is 14.9 Å². The van der Waals surface area contributed by atoms with E-state index in [2.05, 4.69) is 11.9 Å². The summed E-state index contributed by atoms with van der Waals surface area (Å²) in [6.07, 6.45) is 2.28. The van der Waals surface area contributed by atoms with E-state index < -0.39 is 26.5 Å². The Morgan fingerprint density at radius 1 is 1.28 bits per heavy atom.